The van der Waals surface area contributed by atoms with Crippen LogP contribution < -0.4 is 16.4 Å². The van der Waals surface area contributed by atoms with Crippen LogP contribution >= 0.6 is 11.3 Å². The van der Waals surface area contributed by atoms with Gasteiger partial charge in [0.15, 0.2) is 0 Å². The molecule has 0 aliphatic rings. The summed E-state index contributed by atoms with van der Waals surface area (Å²) < 4.78 is 0. The molecule has 8 heteroatoms. The maximum atomic E-state index is 13.2. The molecule has 2 atom stereocenters. The highest BCUT2D eigenvalue weighted by Crippen LogP contribution is 2.30. The van der Waals surface area contributed by atoms with E-state index in [0.29, 0.717) is 12.0 Å². The zero-order valence-electron chi connectivity index (χ0n) is 19.4. The van der Waals surface area contributed by atoms with Crippen molar-refractivity contribution in [1.29, 1.82) is 5.26 Å². The van der Waals surface area contributed by atoms with Crippen molar-refractivity contribution in [3.63, 3.8) is 0 Å². The molecule has 7 nitrogen and oxygen atoms in total. The van der Waals surface area contributed by atoms with Crippen LogP contribution in [0.15, 0.2) is 54.6 Å². The fourth-order valence-electron chi connectivity index (χ4n) is 3.58. The Morgan fingerprint density at radius 1 is 1.09 bits per heavy atom. The molecule has 2 amide bonds. The molecular formula is C26H29N5O2S. The summed E-state index contributed by atoms with van der Waals surface area (Å²) in [5.74, 6) is -0.478. The first kappa shape index (κ1) is 25.1. The van der Waals surface area contributed by atoms with Gasteiger partial charge in [-0.3, -0.25) is 9.59 Å². The van der Waals surface area contributed by atoms with Gasteiger partial charge < -0.3 is 16.4 Å². The maximum Gasteiger partial charge on any atom is 0.243 e. The predicted molar refractivity (Wildman–Crippen MR) is 134 cm³/mol. The highest BCUT2D eigenvalue weighted by atomic mass is 32.1. The second-order valence-corrected chi connectivity index (χ2v) is 9.10. The number of hydrogen-bond acceptors (Lipinski definition) is 6. The molecule has 0 aliphatic carbocycles. The number of thiazole rings is 1. The summed E-state index contributed by atoms with van der Waals surface area (Å²) in [6.07, 6.45) is 1.17. The second-order valence-electron chi connectivity index (χ2n) is 8.02. The minimum Gasteiger partial charge on any atom is -0.350 e. The first-order valence-corrected chi connectivity index (χ1v) is 12.1. The number of aromatic nitrogens is 1. The molecule has 4 N–H and O–H groups in total. The lowest BCUT2D eigenvalue weighted by Gasteiger charge is -2.22. The summed E-state index contributed by atoms with van der Waals surface area (Å²) in [5, 5.41) is 15.6. The minimum atomic E-state index is -0.753. The molecule has 0 unspecified atom stereocenters. The number of rotatable bonds is 10. The molecule has 1 aromatic heterocycles. The van der Waals surface area contributed by atoms with Crippen LogP contribution in [0.4, 0.5) is 0 Å². The number of aryl methyl sites for hydroxylation is 1. The van der Waals surface area contributed by atoms with E-state index in [1.54, 1.807) is 19.1 Å². The number of nitrogens with zero attached hydrogens (tertiary/aromatic N) is 2. The lowest BCUT2D eigenvalue weighted by atomic mass is 10.1. The van der Waals surface area contributed by atoms with Crippen molar-refractivity contribution in [1.82, 2.24) is 15.6 Å². The van der Waals surface area contributed by atoms with Crippen molar-refractivity contribution in [3.05, 3.63) is 76.4 Å². The van der Waals surface area contributed by atoms with Crippen LogP contribution in [-0.4, -0.2) is 35.4 Å². The lowest BCUT2D eigenvalue weighted by molar-refractivity contribution is -0.129. The Hall–Kier alpha value is -3.54. The van der Waals surface area contributed by atoms with E-state index >= 15 is 0 Å². The summed E-state index contributed by atoms with van der Waals surface area (Å²) in [5.41, 5.74) is 9.40. The van der Waals surface area contributed by atoms with Gasteiger partial charge in [-0.25, -0.2) is 4.98 Å². The van der Waals surface area contributed by atoms with Gasteiger partial charge in [0, 0.05) is 25.4 Å². The zero-order chi connectivity index (χ0) is 24.5. The second kappa shape index (κ2) is 12.1. The van der Waals surface area contributed by atoms with Crippen LogP contribution in [0, 0.1) is 18.3 Å². The van der Waals surface area contributed by atoms with Crippen LogP contribution in [0.5, 0.6) is 0 Å². The Bertz CT molecular complexity index is 1150. The molecule has 2 aromatic carbocycles. The summed E-state index contributed by atoms with van der Waals surface area (Å²) in [7, 11) is 0. The van der Waals surface area contributed by atoms with Crippen molar-refractivity contribution < 1.29 is 9.59 Å². The topological polar surface area (TPSA) is 121 Å². The van der Waals surface area contributed by atoms with Crippen molar-refractivity contribution in [2.24, 2.45) is 5.73 Å². The summed E-state index contributed by atoms with van der Waals surface area (Å²) in [4.78, 5) is 30.9. The average Bonchev–Trinajstić information content (AvgIpc) is 3.23. The number of carbonyl (C=O) groups excluding carboxylic acids is 2. The van der Waals surface area contributed by atoms with Crippen molar-refractivity contribution in [2.75, 3.05) is 6.54 Å². The standard InChI is InChI=1S/C26H29N5O2S/c1-3-23(32)31-22(26(33)30-21(16-28)13-18-7-5-4-6-8-18)14-24-29-17(2)25(34-24)20-11-9-19(15-27)10-12-20/h4-12,21-22H,3,13-14,16,28H2,1-2H3,(H,30,33)(H,31,32)/t21-,22-/m0/s1. The number of carbonyl (C=O) groups is 2. The Labute approximate surface area is 204 Å². The van der Waals surface area contributed by atoms with E-state index in [9.17, 15) is 9.59 Å². The molecule has 0 aliphatic heterocycles. The van der Waals surface area contributed by atoms with Crippen LogP contribution in [-0.2, 0) is 22.4 Å². The largest absolute Gasteiger partial charge is 0.350 e. The molecule has 176 valence electrons. The van der Waals surface area contributed by atoms with Gasteiger partial charge in [0.05, 0.1) is 27.2 Å². The summed E-state index contributed by atoms with van der Waals surface area (Å²) in [6.45, 7) is 3.95. The Kier molecular flexibility index (Phi) is 8.91. The quantitative estimate of drug-likeness (QED) is 0.416. The molecule has 34 heavy (non-hydrogen) atoms. The minimum absolute atomic E-state index is 0.201. The Morgan fingerprint density at radius 3 is 2.41 bits per heavy atom. The molecule has 3 rings (SSSR count). The smallest absolute Gasteiger partial charge is 0.243 e. The van der Waals surface area contributed by atoms with Gasteiger partial charge in [-0.15, -0.1) is 11.3 Å². The van der Waals surface area contributed by atoms with E-state index in [4.69, 9.17) is 11.0 Å². The number of benzene rings is 2. The normalized spacial score (nSPS) is 12.4. The first-order chi connectivity index (χ1) is 16.4. The molecule has 3 aromatic rings. The molecule has 1 heterocycles. The van der Waals surface area contributed by atoms with Gasteiger partial charge >= 0.3 is 0 Å². The number of amides is 2. The van der Waals surface area contributed by atoms with Crippen LogP contribution in [0.1, 0.15) is 35.2 Å². The Balaban J connectivity index is 1.76. The molecule has 0 fully saturated rings. The van der Waals surface area contributed by atoms with E-state index in [-0.39, 0.29) is 37.2 Å². The van der Waals surface area contributed by atoms with Crippen molar-refractivity contribution in [3.8, 4) is 16.5 Å². The zero-order valence-corrected chi connectivity index (χ0v) is 20.2. The molecule has 0 saturated heterocycles. The van der Waals surface area contributed by atoms with Gasteiger partial charge in [-0.1, -0.05) is 49.4 Å². The van der Waals surface area contributed by atoms with Crippen LogP contribution in [0.2, 0.25) is 0 Å². The highest BCUT2D eigenvalue weighted by molar-refractivity contribution is 7.15. The maximum absolute atomic E-state index is 13.2. The van der Waals surface area contributed by atoms with Crippen LogP contribution in [0.3, 0.4) is 0 Å². The van der Waals surface area contributed by atoms with Gasteiger partial charge in [0.25, 0.3) is 0 Å². The van der Waals surface area contributed by atoms with Crippen molar-refractivity contribution in [2.45, 2.75) is 45.2 Å². The lowest BCUT2D eigenvalue weighted by Crippen LogP contribution is -2.52. The first-order valence-electron chi connectivity index (χ1n) is 11.2. The fraction of sp³-hybridized carbons (Fsp3) is 0.308. The number of hydrogen-bond donors (Lipinski definition) is 3. The molecule has 0 radical (unpaired) electrons. The van der Waals surface area contributed by atoms with E-state index in [1.165, 1.54) is 11.3 Å². The van der Waals surface area contributed by atoms with Gasteiger partial charge in [-0.2, -0.15) is 5.26 Å². The molecule has 0 saturated carbocycles. The summed E-state index contributed by atoms with van der Waals surface area (Å²) >= 11 is 1.48. The van der Waals surface area contributed by atoms with Gasteiger partial charge in [0.1, 0.15) is 6.04 Å². The van der Waals surface area contributed by atoms with Gasteiger partial charge in [0.2, 0.25) is 11.8 Å². The van der Waals surface area contributed by atoms with E-state index < -0.39 is 6.04 Å². The number of nitrogens with one attached hydrogen (secondary N) is 2. The average molecular weight is 476 g/mol. The number of nitrogens with two attached hydrogens (primary N) is 1. The molecule has 0 bridgehead atoms. The Morgan fingerprint density at radius 2 is 1.79 bits per heavy atom. The molecule has 0 spiro atoms. The predicted octanol–water partition coefficient (Wildman–Crippen LogP) is 3.11. The van der Waals surface area contributed by atoms with E-state index in [2.05, 4.69) is 21.7 Å². The number of nitriles is 1. The van der Waals surface area contributed by atoms with E-state index in [1.807, 2.05) is 49.4 Å². The third kappa shape index (κ3) is 6.73. The van der Waals surface area contributed by atoms with Crippen molar-refractivity contribution >= 4 is 23.2 Å². The third-order valence-corrected chi connectivity index (χ3v) is 6.65. The van der Waals surface area contributed by atoms with E-state index in [0.717, 1.165) is 26.7 Å². The molecular weight excluding hydrogens is 446 g/mol. The third-order valence-electron chi connectivity index (χ3n) is 5.42. The summed E-state index contributed by atoms with van der Waals surface area (Å²) in [6, 6.07) is 18.3. The van der Waals surface area contributed by atoms with Gasteiger partial charge in [-0.05, 0) is 36.6 Å². The highest BCUT2D eigenvalue weighted by Gasteiger charge is 2.25. The monoisotopic (exact) mass is 475 g/mol. The van der Waals surface area contributed by atoms with Crippen LogP contribution in [0.25, 0.3) is 10.4 Å². The SMILES string of the molecule is CCC(=O)N[C@@H](Cc1nc(C)c(-c2ccc(C#N)cc2)s1)C(=O)N[C@H](CN)Cc1ccccc1. The fourth-order valence-corrected chi connectivity index (χ4v) is 4.69.